The highest BCUT2D eigenvalue weighted by Crippen LogP contribution is 2.30. The normalized spacial score (nSPS) is 11.8. The van der Waals surface area contributed by atoms with Crippen LogP contribution in [0.4, 0.5) is 0 Å². The monoisotopic (exact) mass is 363 g/mol. The van der Waals surface area contributed by atoms with Crippen molar-refractivity contribution in [1.82, 2.24) is 5.32 Å². The molecule has 0 fully saturated rings. The van der Waals surface area contributed by atoms with Crippen molar-refractivity contribution < 1.29 is 14.6 Å². The smallest absolute Gasteiger partial charge is 0.162 e. The van der Waals surface area contributed by atoms with Gasteiger partial charge >= 0.3 is 0 Å². The first-order valence-corrected chi connectivity index (χ1v) is 9.08. The Balaban J connectivity index is 1.73. The van der Waals surface area contributed by atoms with Crippen molar-refractivity contribution in [2.45, 2.75) is 32.9 Å². The van der Waals surface area contributed by atoms with E-state index in [1.165, 1.54) is 0 Å². The van der Waals surface area contributed by atoms with Crippen molar-refractivity contribution in [3.63, 3.8) is 0 Å². The van der Waals surface area contributed by atoms with Crippen LogP contribution in [0, 0.1) is 0 Å². The fraction of sp³-hybridized carbons (Fsp3) is 0.217. The highest BCUT2D eigenvalue weighted by atomic mass is 16.5. The predicted octanol–water partition coefficient (Wildman–Crippen LogP) is 4.27. The van der Waals surface area contributed by atoms with Crippen LogP contribution in [0.1, 0.15) is 23.6 Å². The first kappa shape index (κ1) is 19.0. The number of ether oxygens (including phenoxy) is 2. The van der Waals surface area contributed by atoms with Crippen molar-refractivity contribution >= 4 is 0 Å². The zero-order valence-electron chi connectivity index (χ0n) is 15.5. The van der Waals surface area contributed by atoms with Gasteiger partial charge in [0.2, 0.25) is 0 Å². The maximum Gasteiger partial charge on any atom is 0.162 e. The Labute approximate surface area is 160 Å². The molecule has 2 N–H and O–H groups in total. The summed E-state index contributed by atoms with van der Waals surface area (Å²) >= 11 is 0. The summed E-state index contributed by atoms with van der Waals surface area (Å²) in [6.45, 7) is 3.20. The molecule has 0 aliphatic rings. The number of hydrogen-bond acceptors (Lipinski definition) is 4. The first-order chi connectivity index (χ1) is 13.2. The Morgan fingerprint density at radius 3 is 1.85 bits per heavy atom. The molecule has 27 heavy (non-hydrogen) atoms. The van der Waals surface area contributed by atoms with Gasteiger partial charge < -0.3 is 14.6 Å². The molecule has 140 valence electrons. The Kier molecular flexibility index (Phi) is 6.85. The van der Waals surface area contributed by atoms with Crippen LogP contribution in [0.15, 0.2) is 78.9 Å². The van der Waals surface area contributed by atoms with E-state index < -0.39 is 6.23 Å². The Hall–Kier alpha value is -2.82. The van der Waals surface area contributed by atoms with Crippen LogP contribution < -0.4 is 14.8 Å². The average Bonchev–Trinajstić information content (AvgIpc) is 2.71. The summed E-state index contributed by atoms with van der Waals surface area (Å²) in [6.07, 6.45) is -0.562. The van der Waals surface area contributed by atoms with E-state index in [0.717, 1.165) is 16.7 Å². The van der Waals surface area contributed by atoms with Gasteiger partial charge in [-0.15, -0.1) is 0 Å². The zero-order valence-corrected chi connectivity index (χ0v) is 15.5. The molecule has 3 rings (SSSR count). The molecule has 1 unspecified atom stereocenters. The Morgan fingerprint density at radius 1 is 0.741 bits per heavy atom. The summed E-state index contributed by atoms with van der Waals surface area (Å²) < 4.78 is 12.0. The molecular formula is C23H25NO3. The highest BCUT2D eigenvalue weighted by Gasteiger charge is 2.09. The van der Waals surface area contributed by atoms with Gasteiger partial charge in [-0.05, 0) is 35.7 Å². The molecule has 3 aromatic carbocycles. The summed E-state index contributed by atoms with van der Waals surface area (Å²) in [5.41, 5.74) is 3.22. The zero-order chi connectivity index (χ0) is 18.9. The summed E-state index contributed by atoms with van der Waals surface area (Å²) in [7, 11) is 0. The Bertz CT molecular complexity index is 820. The SMILES string of the molecule is CC(O)NCc1ccc(OCc2ccccc2)c(OCc2ccccc2)c1. The molecule has 0 bridgehead atoms. The van der Waals surface area contributed by atoms with Gasteiger partial charge in [0, 0.05) is 6.54 Å². The van der Waals surface area contributed by atoms with Crippen LogP contribution in [0.25, 0.3) is 0 Å². The molecule has 0 aliphatic carbocycles. The van der Waals surface area contributed by atoms with E-state index in [0.29, 0.717) is 31.3 Å². The lowest BCUT2D eigenvalue weighted by molar-refractivity contribution is 0.154. The third kappa shape index (κ3) is 6.13. The van der Waals surface area contributed by atoms with Crippen molar-refractivity contribution in [1.29, 1.82) is 0 Å². The van der Waals surface area contributed by atoms with Crippen LogP contribution in [0.5, 0.6) is 11.5 Å². The van der Waals surface area contributed by atoms with E-state index in [-0.39, 0.29) is 0 Å². The van der Waals surface area contributed by atoms with E-state index in [2.05, 4.69) is 5.32 Å². The van der Waals surface area contributed by atoms with Crippen molar-refractivity contribution in [2.24, 2.45) is 0 Å². The van der Waals surface area contributed by atoms with Gasteiger partial charge in [0.1, 0.15) is 19.4 Å². The molecule has 4 nitrogen and oxygen atoms in total. The number of aliphatic hydroxyl groups is 1. The molecule has 0 radical (unpaired) electrons. The quantitative estimate of drug-likeness (QED) is 0.558. The van der Waals surface area contributed by atoms with Gasteiger partial charge in [-0.2, -0.15) is 0 Å². The molecule has 3 aromatic rings. The maximum atomic E-state index is 9.43. The third-order valence-electron chi connectivity index (χ3n) is 4.08. The maximum absolute atomic E-state index is 9.43. The molecule has 0 spiro atoms. The largest absolute Gasteiger partial charge is 0.485 e. The second kappa shape index (κ2) is 9.76. The van der Waals surface area contributed by atoms with E-state index in [4.69, 9.17) is 9.47 Å². The predicted molar refractivity (Wildman–Crippen MR) is 107 cm³/mol. The minimum Gasteiger partial charge on any atom is -0.485 e. The minimum atomic E-state index is -0.562. The topological polar surface area (TPSA) is 50.7 Å². The number of nitrogens with one attached hydrogen (secondary N) is 1. The lowest BCUT2D eigenvalue weighted by Gasteiger charge is -2.15. The highest BCUT2D eigenvalue weighted by molar-refractivity contribution is 5.43. The molecule has 0 saturated carbocycles. The number of hydrogen-bond donors (Lipinski definition) is 2. The van der Waals surface area contributed by atoms with Crippen LogP contribution in [0.3, 0.4) is 0 Å². The molecule has 1 atom stereocenters. The van der Waals surface area contributed by atoms with Crippen LogP contribution in [-0.4, -0.2) is 11.3 Å². The molecule has 0 heterocycles. The molecule has 4 heteroatoms. The summed E-state index contributed by atoms with van der Waals surface area (Å²) in [5, 5.41) is 12.4. The summed E-state index contributed by atoms with van der Waals surface area (Å²) in [5.74, 6) is 1.40. The van der Waals surface area contributed by atoms with Crippen molar-refractivity contribution in [2.75, 3.05) is 0 Å². The molecule has 0 aromatic heterocycles. The van der Waals surface area contributed by atoms with Gasteiger partial charge in [0.15, 0.2) is 11.5 Å². The standard InChI is InChI=1S/C23H25NO3/c1-18(25)24-15-21-12-13-22(26-16-19-8-4-2-5-9-19)23(14-21)27-17-20-10-6-3-7-11-20/h2-14,18,24-25H,15-17H2,1H3. The van der Waals surface area contributed by atoms with E-state index in [1.807, 2.05) is 78.9 Å². The van der Waals surface area contributed by atoms with Gasteiger partial charge in [0.05, 0.1) is 0 Å². The molecule has 0 amide bonds. The molecular weight excluding hydrogens is 338 g/mol. The lowest BCUT2D eigenvalue weighted by Crippen LogP contribution is -2.24. The summed E-state index contributed by atoms with van der Waals surface area (Å²) in [6, 6.07) is 25.9. The second-order valence-electron chi connectivity index (χ2n) is 6.39. The van der Waals surface area contributed by atoms with Crippen LogP contribution >= 0.6 is 0 Å². The van der Waals surface area contributed by atoms with Crippen LogP contribution in [-0.2, 0) is 19.8 Å². The van der Waals surface area contributed by atoms with E-state index >= 15 is 0 Å². The number of aliphatic hydroxyl groups excluding tert-OH is 1. The van der Waals surface area contributed by atoms with Gasteiger partial charge in [-0.25, -0.2) is 0 Å². The first-order valence-electron chi connectivity index (χ1n) is 9.08. The summed E-state index contributed by atoms with van der Waals surface area (Å²) in [4.78, 5) is 0. The molecule has 0 saturated heterocycles. The van der Waals surface area contributed by atoms with Crippen molar-refractivity contribution in [3.05, 3.63) is 95.6 Å². The fourth-order valence-electron chi connectivity index (χ4n) is 2.63. The van der Waals surface area contributed by atoms with Gasteiger partial charge in [0.25, 0.3) is 0 Å². The van der Waals surface area contributed by atoms with Crippen LogP contribution in [0.2, 0.25) is 0 Å². The number of benzene rings is 3. The van der Waals surface area contributed by atoms with E-state index in [9.17, 15) is 5.11 Å². The van der Waals surface area contributed by atoms with Gasteiger partial charge in [-0.3, -0.25) is 5.32 Å². The third-order valence-corrected chi connectivity index (χ3v) is 4.08. The Morgan fingerprint density at radius 2 is 1.30 bits per heavy atom. The van der Waals surface area contributed by atoms with E-state index in [1.54, 1.807) is 6.92 Å². The second-order valence-corrected chi connectivity index (χ2v) is 6.39. The fourth-order valence-corrected chi connectivity index (χ4v) is 2.63. The number of rotatable bonds is 9. The molecule has 0 aliphatic heterocycles. The average molecular weight is 363 g/mol. The van der Waals surface area contributed by atoms with Gasteiger partial charge in [-0.1, -0.05) is 66.7 Å². The minimum absolute atomic E-state index is 0.468. The lowest BCUT2D eigenvalue weighted by atomic mass is 10.2. The van der Waals surface area contributed by atoms with Crippen molar-refractivity contribution in [3.8, 4) is 11.5 Å².